The van der Waals surface area contributed by atoms with Crippen molar-refractivity contribution in [1.82, 2.24) is 25.2 Å². The third kappa shape index (κ3) is 4.35. The van der Waals surface area contributed by atoms with Crippen LogP contribution in [0.5, 0.6) is 0 Å². The predicted molar refractivity (Wildman–Crippen MR) is 120 cm³/mol. The molecule has 4 aromatic rings. The highest BCUT2D eigenvalue weighted by Crippen LogP contribution is 2.25. The second-order valence-electron chi connectivity index (χ2n) is 8.08. The monoisotopic (exact) mass is 417 g/mol. The summed E-state index contributed by atoms with van der Waals surface area (Å²) in [7, 11) is 0. The van der Waals surface area contributed by atoms with Gasteiger partial charge in [-0.1, -0.05) is 37.2 Å². The van der Waals surface area contributed by atoms with Crippen LogP contribution < -0.4 is 5.32 Å². The Labute approximate surface area is 181 Å². The van der Waals surface area contributed by atoms with Gasteiger partial charge in [0.2, 0.25) is 0 Å². The number of benzene rings is 1. The third-order valence-electron chi connectivity index (χ3n) is 5.40. The van der Waals surface area contributed by atoms with Crippen LogP contribution in [-0.2, 0) is 6.42 Å². The van der Waals surface area contributed by atoms with E-state index in [0.717, 1.165) is 29.9 Å². The van der Waals surface area contributed by atoms with Gasteiger partial charge in [-0.25, -0.2) is 9.67 Å². The first-order valence-corrected chi connectivity index (χ1v) is 10.6. The van der Waals surface area contributed by atoms with E-state index in [9.17, 15) is 4.79 Å². The van der Waals surface area contributed by atoms with Crippen molar-refractivity contribution in [2.24, 2.45) is 0 Å². The van der Waals surface area contributed by atoms with E-state index in [-0.39, 0.29) is 11.8 Å². The molecule has 0 unspecified atom stereocenters. The molecular formula is C24H27N5O2. The van der Waals surface area contributed by atoms with Crippen LogP contribution in [-0.4, -0.2) is 32.4 Å². The molecule has 31 heavy (non-hydrogen) atoms. The molecule has 3 aromatic heterocycles. The van der Waals surface area contributed by atoms with Gasteiger partial charge in [-0.05, 0) is 56.4 Å². The molecule has 0 saturated carbocycles. The van der Waals surface area contributed by atoms with E-state index < -0.39 is 0 Å². The number of rotatable bonds is 7. The van der Waals surface area contributed by atoms with Gasteiger partial charge in [-0.3, -0.25) is 4.79 Å². The number of aromatic nitrogens is 4. The number of nitrogens with zero attached hydrogens (tertiary/aromatic N) is 4. The number of para-hydroxylation sites is 1. The maximum absolute atomic E-state index is 12.9. The topological polar surface area (TPSA) is 85.8 Å². The van der Waals surface area contributed by atoms with Crippen molar-refractivity contribution < 1.29 is 9.32 Å². The zero-order chi connectivity index (χ0) is 22.0. The third-order valence-corrected chi connectivity index (χ3v) is 5.40. The Hall–Kier alpha value is -3.48. The van der Waals surface area contributed by atoms with Gasteiger partial charge in [0.05, 0.1) is 28.0 Å². The molecule has 0 aliphatic heterocycles. The molecule has 1 aromatic carbocycles. The number of amides is 1. The van der Waals surface area contributed by atoms with Crippen LogP contribution in [0.15, 0.2) is 47.1 Å². The SMILES string of the molecule is Cc1nn(-c2ccccc2)cc1CCCNC(=O)c1cc(C(C)C)nc2onc(C)c12. The first-order valence-electron chi connectivity index (χ1n) is 10.6. The summed E-state index contributed by atoms with van der Waals surface area (Å²) < 4.78 is 7.22. The molecule has 0 atom stereocenters. The number of carbonyl (C=O) groups is 1. The second-order valence-corrected chi connectivity index (χ2v) is 8.08. The number of aryl methyl sites for hydroxylation is 3. The lowest BCUT2D eigenvalue weighted by Gasteiger charge is -2.09. The van der Waals surface area contributed by atoms with Crippen LogP contribution in [0, 0.1) is 13.8 Å². The van der Waals surface area contributed by atoms with E-state index >= 15 is 0 Å². The number of hydrogen-bond acceptors (Lipinski definition) is 5. The van der Waals surface area contributed by atoms with Gasteiger partial charge in [-0.2, -0.15) is 5.10 Å². The van der Waals surface area contributed by atoms with Crippen molar-refractivity contribution in [3.8, 4) is 5.69 Å². The van der Waals surface area contributed by atoms with E-state index in [4.69, 9.17) is 4.52 Å². The van der Waals surface area contributed by atoms with Gasteiger partial charge in [0.25, 0.3) is 11.6 Å². The lowest BCUT2D eigenvalue weighted by atomic mass is 10.0. The summed E-state index contributed by atoms with van der Waals surface area (Å²) in [5.74, 6) is 0.0581. The lowest BCUT2D eigenvalue weighted by molar-refractivity contribution is 0.0954. The molecule has 7 nitrogen and oxygen atoms in total. The van der Waals surface area contributed by atoms with Crippen LogP contribution in [0.3, 0.4) is 0 Å². The largest absolute Gasteiger partial charge is 0.352 e. The fourth-order valence-corrected chi connectivity index (χ4v) is 3.62. The standard InChI is InChI=1S/C24H27N5O2/c1-15(2)21-13-20(22-17(4)28-31-24(22)26-21)23(30)25-12-8-9-18-14-29(27-16(18)3)19-10-6-5-7-11-19/h5-7,10-11,13-15H,8-9,12H2,1-4H3,(H,25,30). The fraction of sp³-hybridized carbons (Fsp3) is 0.333. The quantitative estimate of drug-likeness (QED) is 0.447. The highest BCUT2D eigenvalue weighted by Gasteiger charge is 2.19. The minimum Gasteiger partial charge on any atom is -0.352 e. The highest BCUT2D eigenvalue weighted by molar-refractivity contribution is 6.06. The van der Waals surface area contributed by atoms with Crippen molar-refractivity contribution in [3.63, 3.8) is 0 Å². The van der Waals surface area contributed by atoms with E-state index in [1.807, 2.05) is 68.8 Å². The Morgan fingerprint density at radius 3 is 2.68 bits per heavy atom. The fourth-order valence-electron chi connectivity index (χ4n) is 3.62. The lowest BCUT2D eigenvalue weighted by Crippen LogP contribution is -2.25. The molecule has 160 valence electrons. The van der Waals surface area contributed by atoms with E-state index in [2.05, 4.69) is 26.8 Å². The maximum Gasteiger partial charge on any atom is 0.259 e. The number of carbonyl (C=O) groups excluding carboxylic acids is 1. The smallest absolute Gasteiger partial charge is 0.259 e. The van der Waals surface area contributed by atoms with Crippen LogP contribution >= 0.6 is 0 Å². The molecule has 3 heterocycles. The maximum atomic E-state index is 12.9. The minimum absolute atomic E-state index is 0.127. The normalized spacial score (nSPS) is 11.4. The van der Waals surface area contributed by atoms with Crippen molar-refractivity contribution in [2.45, 2.75) is 46.5 Å². The van der Waals surface area contributed by atoms with Crippen molar-refractivity contribution in [2.75, 3.05) is 6.54 Å². The summed E-state index contributed by atoms with van der Waals surface area (Å²) in [5.41, 5.74) is 5.70. The van der Waals surface area contributed by atoms with Crippen molar-refractivity contribution in [1.29, 1.82) is 0 Å². The second kappa shape index (κ2) is 8.71. The predicted octanol–water partition coefficient (Wildman–Crippen LogP) is 4.51. The molecular weight excluding hydrogens is 390 g/mol. The molecule has 0 radical (unpaired) electrons. The average Bonchev–Trinajstić information content (AvgIpc) is 3.33. The molecule has 4 rings (SSSR count). The van der Waals surface area contributed by atoms with E-state index in [0.29, 0.717) is 28.9 Å². The Kier molecular flexibility index (Phi) is 5.84. The van der Waals surface area contributed by atoms with Gasteiger partial charge in [0.15, 0.2) is 0 Å². The van der Waals surface area contributed by atoms with E-state index in [1.165, 1.54) is 5.56 Å². The summed E-state index contributed by atoms with van der Waals surface area (Å²) in [4.78, 5) is 17.4. The Morgan fingerprint density at radius 1 is 1.16 bits per heavy atom. The van der Waals surface area contributed by atoms with Crippen LogP contribution in [0.2, 0.25) is 0 Å². The molecule has 1 amide bonds. The first kappa shape index (κ1) is 20.8. The number of hydrogen-bond donors (Lipinski definition) is 1. The van der Waals surface area contributed by atoms with Gasteiger partial charge in [-0.15, -0.1) is 0 Å². The van der Waals surface area contributed by atoms with Crippen LogP contribution in [0.4, 0.5) is 0 Å². The average molecular weight is 418 g/mol. The molecule has 0 fully saturated rings. The van der Waals surface area contributed by atoms with Crippen LogP contribution in [0.1, 0.15) is 59.2 Å². The summed E-state index contributed by atoms with van der Waals surface area (Å²) in [5, 5.41) is 12.3. The summed E-state index contributed by atoms with van der Waals surface area (Å²) in [6.07, 6.45) is 3.73. The molecule has 0 saturated heterocycles. The molecule has 0 spiro atoms. The Balaban J connectivity index is 1.41. The molecule has 0 aliphatic rings. The minimum atomic E-state index is -0.127. The van der Waals surface area contributed by atoms with Gasteiger partial charge >= 0.3 is 0 Å². The Bertz CT molecular complexity index is 1210. The number of fused-ring (bicyclic) bond motifs is 1. The summed E-state index contributed by atoms with van der Waals surface area (Å²) in [6, 6.07) is 11.9. The number of pyridine rings is 1. The molecule has 7 heteroatoms. The van der Waals surface area contributed by atoms with Crippen LogP contribution in [0.25, 0.3) is 16.8 Å². The van der Waals surface area contributed by atoms with Gasteiger partial charge in [0, 0.05) is 18.4 Å². The number of nitrogens with one attached hydrogen (secondary N) is 1. The summed E-state index contributed by atoms with van der Waals surface area (Å²) >= 11 is 0. The molecule has 0 aliphatic carbocycles. The first-order chi connectivity index (χ1) is 14.9. The highest BCUT2D eigenvalue weighted by atomic mass is 16.5. The van der Waals surface area contributed by atoms with Gasteiger partial charge < -0.3 is 9.84 Å². The zero-order valence-corrected chi connectivity index (χ0v) is 18.3. The van der Waals surface area contributed by atoms with Crippen molar-refractivity contribution >= 4 is 17.0 Å². The molecule has 1 N–H and O–H groups in total. The zero-order valence-electron chi connectivity index (χ0n) is 18.3. The van der Waals surface area contributed by atoms with Gasteiger partial charge in [0.1, 0.15) is 0 Å². The Morgan fingerprint density at radius 2 is 1.94 bits per heavy atom. The molecule has 0 bridgehead atoms. The van der Waals surface area contributed by atoms with Crippen molar-refractivity contribution in [3.05, 3.63) is 70.8 Å². The summed E-state index contributed by atoms with van der Waals surface area (Å²) in [6.45, 7) is 8.49. The van der Waals surface area contributed by atoms with E-state index in [1.54, 1.807) is 0 Å².